The third kappa shape index (κ3) is 5.19. The second-order valence-electron chi connectivity index (χ2n) is 9.80. The van der Waals surface area contributed by atoms with Crippen molar-refractivity contribution in [3.05, 3.63) is 94.4 Å². The van der Waals surface area contributed by atoms with Gasteiger partial charge in [-0.15, -0.1) is 0 Å². The first kappa shape index (κ1) is 27.4. The number of anilines is 1. The molecule has 0 saturated carbocycles. The summed E-state index contributed by atoms with van der Waals surface area (Å²) in [6.07, 6.45) is 3.30. The van der Waals surface area contributed by atoms with Crippen LogP contribution in [0, 0.1) is 5.82 Å². The lowest BCUT2D eigenvalue weighted by Crippen LogP contribution is -2.31. The third-order valence-electron chi connectivity index (χ3n) is 6.99. The van der Waals surface area contributed by atoms with Gasteiger partial charge in [0.05, 0.1) is 24.6 Å². The highest BCUT2D eigenvalue weighted by Crippen LogP contribution is 2.45. The van der Waals surface area contributed by atoms with E-state index in [4.69, 9.17) is 14.5 Å². The minimum Gasteiger partial charge on any atom is -0.497 e. The molecule has 1 amide bonds. The maximum Gasteiger partial charge on any atom is 0.258 e. The van der Waals surface area contributed by atoms with Gasteiger partial charge in [0.15, 0.2) is 5.75 Å². The zero-order valence-electron chi connectivity index (χ0n) is 22.8. The van der Waals surface area contributed by atoms with Crippen molar-refractivity contribution in [1.29, 1.82) is 0 Å². The molecule has 0 aliphatic carbocycles. The fraction of sp³-hybridized carbons (Fsp3) is 0.267. The van der Waals surface area contributed by atoms with Crippen LogP contribution in [0.2, 0.25) is 0 Å². The van der Waals surface area contributed by atoms with Crippen LogP contribution in [0.1, 0.15) is 39.5 Å². The van der Waals surface area contributed by atoms with Gasteiger partial charge in [-0.3, -0.25) is 14.1 Å². The molecule has 0 bridgehead atoms. The lowest BCUT2D eigenvalue weighted by Gasteiger charge is -2.26. The minimum absolute atomic E-state index is 0.171. The molecule has 1 aliphatic heterocycles. The summed E-state index contributed by atoms with van der Waals surface area (Å²) in [6.45, 7) is 2.33. The van der Waals surface area contributed by atoms with Crippen LogP contribution in [-0.2, 0) is 29.6 Å². The second kappa shape index (κ2) is 10.8. The molecule has 1 aliphatic rings. The highest BCUT2D eigenvalue weighted by Gasteiger charge is 2.37. The smallest absolute Gasteiger partial charge is 0.258 e. The third-order valence-corrected chi connectivity index (χ3v) is 8.23. The van der Waals surface area contributed by atoms with E-state index in [9.17, 15) is 17.6 Å². The number of amides is 1. The maximum absolute atomic E-state index is 13.5. The molecular formula is C30H30FN3O5S. The lowest BCUT2D eigenvalue weighted by atomic mass is 9.98. The molecule has 10 heteroatoms. The molecule has 3 aromatic carbocycles. The summed E-state index contributed by atoms with van der Waals surface area (Å²) in [7, 11) is -0.417. The van der Waals surface area contributed by atoms with Crippen molar-refractivity contribution in [3.8, 4) is 11.5 Å². The zero-order valence-corrected chi connectivity index (χ0v) is 23.6. The average molecular weight is 564 g/mol. The Labute approximate surface area is 233 Å². The number of carbonyl (C=O) groups excluding carboxylic acids is 1. The van der Waals surface area contributed by atoms with Gasteiger partial charge in [-0.05, 0) is 60.4 Å². The standard InChI is InChI=1S/C30H30FN3O5S/c1-5-34(40(4,36)37)28-24-15-21(14-19-6-10-22(31)11-7-19)16-32-27(24)29(26-25(28)17-33(2)30(26)35)39-18-20-8-12-23(38-3)13-9-20/h6-13,15-16H,5,14,17-18H2,1-4H3. The van der Waals surface area contributed by atoms with Crippen molar-refractivity contribution >= 4 is 32.5 Å². The van der Waals surface area contributed by atoms with E-state index in [1.54, 1.807) is 44.3 Å². The van der Waals surface area contributed by atoms with E-state index in [1.807, 2.05) is 30.3 Å². The van der Waals surface area contributed by atoms with E-state index >= 15 is 0 Å². The molecule has 8 nitrogen and oxygen atoms in total. The van der Waals surface area contributed by atoms with Crippen molar-refractivity contribution < 1.29 is 27.1 Å². The summed E-state index contributed by atoms with van der Waals surface area (Å²) in [4.78, 5) is 19.7. The Balaban J connectivity index is 1.70. The predicted octanol–water partition coefficient (Wildman–Crippen LogP) is 4.92. The number of benzene rings is 3. The largest absolute Gasteiger partial charge is 0.497 e. The van der Waals surface area contributed by atoms with Crippen molar-refractivity contribution in [1.82, 2.24) is 9.88 Å². The molecule has 0 fully saturated rings. The average Bonchev–Trinajstić information content (AvgIpc) is 3.22. The molecule has 0 spiro atoms. The first-order chi connectivity index (χ1) is 19.1. The quantitative estimate of drug-likeness (QED) is 0.287. The molecule has 0 radical (unpaired) electrons. The molecule has 5 rings (SSSR count). The van der Waals surface area contributed by atoms with Crippen molar-refractivity contribution in [3.63, 3.8) is 0 Å². The monoisotopic (exact) mass is 563 g/mol. The molecule has 40 heavy (non-hydrogen) atoms. The Bertz CT molecular complexity index is 1690. The van der Waals surface area contributed by atoms with Gasteiger partial charge in [0.1, 0.15) is 23.7 Å². The number of aromatic nitrogens is 1. The first-order valence-corrected chi connectivity index (χ1v) is 14.7. The van der Waals surface area contributed by atoms with Gasteiger partial charge in [0, 0.05) is 37.3 Å². The molecule has 0 unspecified atom stereocenters. The summed E-state index contributed by atoms with van der Waals surface area (Å²) >= 11 is 0. The number of carbonyl (C=O) groups is 1. The Morgan fingerprint density at radius 1 is 1.05 bits per heavy atom. The summed E-state index contributed by atoms with van der Waals surface area (Å²) in [5.41, 5.74) is 4.28. The predicted molar refractivity (Wildman–Crippen MR) is 152 cm³/mol. The highest BCUT2D eigenvalue weighted by atomic mass is 32.2. The minimum atomic E-state index is -3.69. The van der Waals surface area contributed by atoms with Crippen LogP contribution in [0.25, 0.3) is 10.9 Å². The number of halogens is 1. The Morgan fingerprint density at radius 3 is 2.35 bits per heavy atom. The van der Waals surface area contributed by atoms with Gasteiger partial charge >= 0.3 is 0 Å². The molecule has 4 aromatic rings. The van der Waals surface area contributed by atoms with Gasteiger partial charge < -0.3 is 14.4 Å². The topological polar surface area (TPSA) is 89.0 Å². The van der Waals surface area contributed by atoms with Crippen LogP contribution < -0.4 is 13.8 Å². The SMILES string of the molecule is CCN(c1c2c(c(OCc3ccc(OC)cc3)c3ncc(Cc4ccc(F)cc4)cc13)C(=O)N(C)C2)S(C)(=O)=O. The van der Waals surface area contributed by atoms with Crippen LogP contribution >= 0.6 is 0 Å². The first-order valence-electron chi connectivity index (χ1n) is 12.8. The van der Waals surface area contributed by atoms with E-state index in [-0.39, 0.29) is 31.4 Å². The maximum atomic E-state index is 13.5. The van der Waals surface area contributed by atoms with Gasteiger partial charge in [-0.2, -0.15) is 0 Å². The molecule has 0 N–H and O–H groups in total. The fourth-order valence-corrected chi connectivity index (χ4v) is 6.09. The van der Waals surface area contributed by atoms with E-state index in [2.05, 4.69) is 0 Å². The number of ether oxygens (including phenoxy) is 2. The van der Waals surface area contributed by atoms with Gasteiger partial charge in [-0.1, -0.05) is 24.3 Å². The summed E-state index contributed by atoms with van der Waals surface area (Å²) < 4.78 is 52.2. The zero-order chi connectivity index (χ0) is 28.6. The van der Waals surface area contributed by atoms with Gasteiger partial charge in [-0.25, -0.2) is 12.8 Å². The lowest BCUT2D eigenvalue weighted by molar-refractivity contribution is 0.0813. The van der Waals surface area contributed by atoms with Crippen molar-refractivity contribution in [2.75, 3.05) is 31.3 Å². The highest BCUT2D eigenvalue weighted by molar-refractivity contribution is 7.92. The Morgan fingerprint density at radius 2 is 1.73 bits per heavy atom. The molecule has 2 heterocycles. The Hall–Kier alpha value is -4.18. The van der Waals surface area contributed by atoms with Crippen molar-refractivity contribution in [2.45, 2.75) is 26.5 Å². The number of methoxy groups -OCH3 is 1. The molecule has 208 valence electrons. The number of nitrogens with zero attached hydrogens (tertiary/aromatic N) is 3. The van der Waals surface area contributed by atoms with Crippen LogP contribution in [0.4, 0.5) is 10.1 Å². The van der Waals surface area contributed by atoms with Crippen molar-refractivity contribution in [2.24, 2.45) is 0 Å². The number of fused-ring (bicyclic) bond motifs is 2. The normalized spacial score (nSPS) is 13.0. The van der Waals surface area contributed by atoms with Crippen LogP contribution in [-0.4, -0.2) is 51.2 Å². The number of hydrogen-bond donors (Lipinski definition) is 0. The van der Waals surface area contributed by atoms with Gasteiger partial charge in [0.25, 0.3) is 5.91 Å². The molecular weight excluding hydrogens is 533 g/mol. The van der Waals surface area contributed by atoms with Gasteiger partial charge in [0.2, 0.25) is 10.0 Å². The molecule has 0 saturated heterocycles. The van der Waals surface area contributed by atoms with E-state index in [0.717, 1.165) is 22.9 Å². The molecule has 0 atom stereocenters. The Kier molecular flexibility index (Phi) is 7.37. The van der Waals surface area contributed by atoms with Crippen LogP contribution in [0.5, 0.6) is 11.5 Å². The molecule has 1 aromatic heterocycles. The number of rotatable bonds is 9. The summed E-state index contributed by atoms with van der Waals surface area (Å²) in [5.74, 6) is 0.450. The van der Waals surface area contributed by atoms with E-state index in [1.165, 1.54) is 16.4 Å². The number of sulfonamides is 1. The fourth-order valence-electron chi connectivity index (χ4n) is 5.08. The summed E-state index contributed by atoms with van der Waals surface area (Å²) in [6, 6.07) is 15.5. The number of pyridine rings is 1. The van der Waals surface area contributed by atoms with Crippen LogP contribution in [0.15, 0.2) is 60.8 Å². The van der Waals surface area contributed by atoms with E-state index in [0.29, 0.717) is 45.6 Å². The second-order valence-corrected chi connectivity index (χ2v) is 11.7. The van der Waals surface area contributed by atoms with E-state index < -0.39 is 10.0 Å². The van der Waals surface area contributed by atoms with Crippen LogP contribution in [0.3, 0.4) is 0 Å². The summed E-state index contributed by atoms with van der Waals surface area (Å²) in [5, 5.41) is 0.568. The number of hydrogen-bond acceptors (Lipinski definition) is 6.